The third-order valence-corrected chi connectivity index (χ3v) is 12.7. The van der Waals surface area contributed by atoms with E-state index in [0.29, 0.717) is 0 Å². The van der Waals surface area contributed by atoms with Crippen molar-refractivity contribution < 1.29 is 77.2 Å². The Morgan fingerprint density at radius 1 is 1.02 bits per heavy atom. The highest BCUT2D eigenvalue weighted by Crippen LogP contribution is 2.66. The summed E-state index contributed by atoms with van der Waals surface area (Å²) in [6.07, 6.45) is -14.4. The summed E-state index contributed by atoms with van der Waals surface area (Å²) in [4.78, 5) is 83.1. The van der Waals surface area contributed by atoms with Gasteiger partial charge in [-0.15, -0.1) is 0 Å². The highest BCUT2D eigenvalue weighted by Gasteiger charge is 2.83. The Kier molecular flexibility index (Phi) is 11.3. The molecule has 2 unspecified atom stereocenters. The van der Waals surface area contributed by atoms with Crippen molar-refractivity contribution >= 4 is 35.9 Å². The summed E-state index contributed by atoms with van der Waals surface area (Å²) < 4.78 is 41.9. The molecule has 4 N–H and O–H groups in total. The Balaban J connectivity index is 1.56. The van der Waals surface area contributed by atoms with Crippen molar-refractivity contribution in [2.24, 2.45) is 22.7 Å². The molecule has 2 saturated heterocycles. The number of amides is 1. The first-order valence-corrected chi connectivity index (χ1v) is 19.8. The fraction of sp³-hybridized carbons (Fsp3) is 0.667. The van der Waals surface area contributed by atoms with Crippen LogP contribution in [-0.4, -0.2) is 123 Å². The van der Waals surface area contributed by atoms with Crippen LogP contribution in [0, 0.1) is 22.7 Å². The van der Waals surface area contributed by atoms with E-state index in [1.54, 1.807) is 52.8 Å². The van der Waals surface area contributed by atoms with Gasteiger partial charge in [0.1, 0.15) is 17.8 Å². The molecule has 17 nitrogen and oxygen atoms in total. The maximum absolute atomic E-state index is 15.1. The van der Waals surface area contributed by atoms with Crippen molar-refractivity contribution in [2.45, 2.75) is 148 Å². The first-order valence-electron chi connectivity index (χ1n) is 19.8. The van der Waals surface area contributed by atoms with E-state index in [9.17, 15) is 39.3 Å². The average molecular weight is 830 g/mol. The Morgan fingerprint density at radius 2 is 1.66 bits per heavy atom. The highest BCUT2D eigenvalue weighted by atomic mass is 16.8. The Hall–Kier alpha value is -4.58. The van der Waals surface area contributed by atoms with E-state index >= 15 is 4.79 Å². The molecule has 12 atom stereocenters. The molecule has 2 bridgehead atoms. The zero-order valence-corrected chi connectivity index (χ0v) is 34.9. The van der Waals surface area contributed by atoms with E-state index in [1.807, 2.05) is 0 Å². The third-order valence-electron chi connectivity index (χ3n) is 12.7. The topological polar surface area (TPSA) is 240 Å². The number of rotatable bonds is 9. The van der Waals surface area contributed by atoms with Crippen LogP contribution in [0.2, 0.25) is 0 Å². The number of Topliss-reactive ketones (excluding diaryl/α,β-unsaturated/α-hetero) is 1. The van der Waals surface area contributed by atoms with E-state index < -0.39 is 118 Å². The smallest absolute Gasteiger partial charge is 0.454 e. The molecular weight excluding hydrogens is 774 g/mol. The Bertz CT molecular complexity index is 1920. The summed E-state index contributed by atoms with van der Waals surface area (Å²) in [5.41, 5.74) is -8.84. The van der Waals surface area contributed by atoms with E-state index in [-0.39, 0.29) is 42.1 Å². The molecule has 2 saturated carbocycles. The van der Waals surface area contributed by atoms with Gasteiger partial charge in [0.25, 0.3) is 0 Å². The van der Waals surface area contributed by atoms with Crippen molar-refractivity contribution in [1.29, 1.82) is 0 Å². The molecule has 6 rings (SSSR count). The Labute approximate surface area is 342 Å². The molecule has 59 heavy (non-hydrogen) atoms. The van der Waals surface area contributed by atoms with Crippen LogP contribution in [0.15, 0.2) is 41.5 Å². The van der Waals surface area contributed by atoms with Crippen molar-refractivity contribution in [3.8, 4) is 0 Å². The highest BCUT2D eigenvalue weighted by molar-refractivity contribution is 5.94. The lowest BCUT2D eigenvalue weighted by Crippen LogP contribution is -2.83. The van der Waals surface area contributed by atoms with Crippen LogP contribution in [0.4, 0.5) is 9.59 Å². The van der Waals surface area contributed by atoms with Crippen LogP contribution < -0.4 is 5.32 Å². The van der Waals surface area contributed by atoms with Gasteiger partial charge in [0.15, 0.2) is 35.8 Å². The lowest BCUT2D eigenvalue weighted by Gasteiger charge is -2.67. The van der Waals surface area contributed by atoms with Crippen LogP contribution in [-0.2, 0) is 47.5 Å². The normalized spacial score (nSPS) is 35.5. The van der Waals surface area contributed by atoms with E-state index in [4.69, 9.17) is 33.2 Å². The molecule has 5 aliphatic rings. The summed E-state index contributed by atoms with van der Waals surface area (Å²) in [5, 5.41) is 38.3. The second kappa shape index (κ2) is 15.2. The van der Waals surface area contributed by atoms with Crippen LogP contribution >= 0.6 is 0 Å². The number of ether oxygens (including phenoxy) is 7. The van der Waals surface area contributed by atoms with Crippen LogP contribution in [0.25, 0.3) is 0 Å². The van der Waals surface area contributed by atoms with Gasteiger partial charge in [-0.2, -0.15) is 0 Å². The summed E-state index contributed by atoms with van der Waals surface area (Å²) >= 11 is 0. The number of fused-ring (bicyclic) bond motifs is 4. The molecule has 3 aliphatic carbocycles. The monoisotopic (exact) mass is 829 g/mol. The van der Waals surface area contributed by atoms with Gasteiger partial charge in [0.2, 0.25) is 5.60 Å². The van der Waals surface area contributed by atoms with Gasteiger partial charge >= 0.3 is 30.2 Å². The number of nitrogens with one attached hydrogen (secondary N) is 1. The molecule has 4 fully saturated rings. The Morgan fingerprint density at radius 3 is 2.22 bits per heavy atom. The summed E-state index contributed by atoms with van der Waals surface area (Å²) in [5.74, 6) is -5.75. The largest absolute Gasteiger partial charge is 0.509 e. The maximum Gasteiger partial charge on any atom is 0.509 e. The van der Waals surface area contributed by atoms with Crippen molar-refractivity contribution in [3.63, 3.8) is 0 Å². The quantitative estimate of drug-likeness (QED) is 0.159. The number of aliphatic hydroxyl groups excluding tert-OH is 3. The molecule has 1 aromatic rings. The minimum atomic E-state index is -2.32. The predicted octanol–water partition coefficient (Wildman–Crippen LogP) is 3.09. The van der Waals surface area contributed by atoms with E-state index in [1.165, 1.54) is 39.8 Å². The zero-order valence-electron chi connectivity index (χ0n) is 34.9. The molecular formula is C42H55NO16. The van der Waals surface area contributed by atoms with Gasteiger partial charge in [0, 0.05) is 18.8 Å². The first kappa shape index (κ1) is 44.0. The molecule has 17 heteroatoms. The summed E-state index contributed by atoms with van der Waals surface area (Å²) in [7, 11) is 0. The van der Waals surface area contributed by atoms with E-state index in [2.05, 4.69) is 5.32 Å². The molecule has 324 valence electrons. The van der Waals surface area contributed by atoms with Crippen LogP contribution in [0.3, 0.4) is 0 Å². The molecule has 1 amide bonds. The number of hydrogen-bond donors (Lipinski definition) is 4. The van der Waals surface area contributed by atoms with Gasteiger partial charge in [-0.25, -0.2) is 19.2 Å². The second-order valence-electron chi connectivity index (χ2n) is 18.4. The van der Waals surface area contributed by atoms with Gasteiger partial charge < -0.3 is 53.8 Å². The van der Waals surface area contributed by atoms with Crippen molar-refractivity contribution in [1.82, 2.24) is 5.32 Å². The first-order chi connectivity index (χ1) is 27.3. The maximum atomic E-state index is 15.1. The number of alkyl carbamates (subject to hydrolysis) is 1. The molecule has 1 spiro atoms. The lowest BCUT2D eigenvalue weighted by atomic mass is 9.44. The number of hydrogen-bond acceptors (Lipinski definition) is 16. The minimum absolute atomic E-state index is 0.0378. The molecule has 2 heterocycles. The number of carbonyl (C=O) groups is 6. The number of esters is 3. The van der Waals surface area contributed by atoms with Crippen molar-refractivity contribution in [2.75, 3.05) is 6.61 Å². The van der Waals surface area contributed by atoms with Gasteiger partial charge in [0.05, 0.1) is 35.6 Å². The predicted molar refractivity (Wildman–Crippen MR) is 202 cm³/mol. The molecule has 1 aromatic carbocycles. The molecule has 0 radical (unpaired) electrons. The third kappa shape index (κ3) is 7.06. The fourth-order valence-electron chi connectivity index (χ4n) is 10.1. The second-order valence-corrected chi connectivity index (χ2v) is 18.4. The minimum Gasteiger partial charge on any atom is -0.454 e. The van der Waals surface area contributed by atoms with Crippen molar-refractivity contribution in [3.05, 3.63) is 47.0 Å². The molecule has 0 aromatic heterocycles. The fourth-order valence-corrected chi connectivity index (χ4v) is 10.1. The van der Waals surface area contributed by atoms with Gasteiger partial charge in [-0.05, 0) is 70.2 Å². The molecule has 2 aliphatic heterocycles. The number of carbonyl (C=O) groups excluding carboxylic acids is 6. The lowest BCUT2D eigenvalue weighted by molar-refractivity contribution is -0.345. The number of ketones is 1. The van der Waals surface area contributed by atoms with Crippen LogP contribution in [0.1, 0.15) is 92.4 Å². The standard InChI is InChI=1S/C42H55NO16/c1-19(2)16-23(43-36(51)58-38(5,6)7)27(46)35(50)54-29-20(3)26-28(47)31(48)40(10)24(45)17-25-41(18-53-25,57-21(4)44)30(40)33(55-34(49)22-14-12-11-13-15-22)42(39(26,8)9)32(29)56-37(52)59-42/h11-15,19,23-25,27-30,32-33,45-47H,16-18H2,1-10H3,(H,43,51)/t23-,24-,25+,27+,28+,29+,30?,32-,33?,40+,41-,42+/m0/s1. The average Bonchev–Trinajstić information content (AvgIpc) is 3.49. The van der Waals surface area contributed by atoms with E-state index in [0.717, 1.165) is 6.92 Å². The number of aliphatic hydroxyl groups is 3. The van der Waals surface area contributed by atoms with Gasteiger partial charge in [-0.1, -0.05) is 45.9 Å². The van der Waals surface area contributed by atoms with Crippen LogP contribution in [0.5, 0.6) is 0 Å². The van der Waals surface area contributed by atoms with Gasteiger partial charge in [-0.3, -0.25) is 9.59 Å². The SMILES string of the molecule is CC(=O)O[C@@]12CO[C@@H]1C[C@H](O)[C@@]1(C)C(=O)[C@H](O)C3=C(C)[C@@H](OC(=O)[C@H](O)[C@H](CC(C)C)NC(=O)OC(C)(C)C)[C@@H]4OC(=O)O[C@]4(C(OC(=O)c4ccccc4)C12)C3(C)C. The summed E-state index contributed by atoms with van der Waals surface area (Å²) in [6, 6.07) is 6.52. The zero-order chi connectivity index (χ0) is 43.8. The number of benzene rings is 1. The summed E-state index contributed by atoms with van der Waals surface area (Å²) in [6.45, 7) is 15.2.